The smallest absolute Gasteiger partial charge is 0.335 e. The van der Waals surface area contributed by atoms with Crippen molar-refractivity contribution in [1.82, 2.24) is 4.57 Å². The summed E-state index contributed by atoms with van der Waals surface area (Å²) in [4.78, 5) is 22.6. The van der Waals surface area contributed by atoms with Gasteiger partial charge in [-0.3, -0.25) is 4.79 Å². The third-order valence-corrected chi connectivity index (χ3v) is 2.78. The van der Waals surface area contributed by atoms with Crippen molar-refractivity contribution in [3.63, 3.8) is 0 Å². The lowest BCUT2D eigenvalue weighted by atomic mass is 10.1. The molecule has 92 valence electrons. The zero-order valence-electron chi connectivity index (χ0n) is 9.96. The zero-order chi connectivity index (χ0) is 13.1. The van der Waals surface area contributed by atoms with Gasteiger partial charge in [-0.25, -0.2) is 4.79 Å². The van der Waals surface area contributed by atoms with Crippen LogP contribution in [0.4, 0.5) is 0 Å². The maximum Gasteiger partial charge on any atom is 0.335 e. The van der Waals surface area contributed by atoms with Crippen LogP contribution in [-0.4, -0.2) is 15.6 Å². The number of aromatic carboxylic acids is 1. The number of pyridine rings is 1. The molecule has 0 atom stereocenters. The van der Waals surface area contributed by atoms with Crippen molar-refractivity contribution in [2.24, 2.45) is 0 Å². The molecule has 0 aliphatic heterocycles. The molecule has 4 nitrogen and oxygen atoms in total. The summed E-state index contributed by atoms with van der Waals surface area (Å²) in [5.74, 6) is -0.964. The van der Waals surface area contributed by atoms with Gasteiger partial charge in [0.1, 0.15) is 0 Å². The molecule has 1 aromatic heterocycles. The van der Waals surface area contributed by atoms with Crippen molar-refractivity contribution in [2.75, 3.05) is 0 Å². The molecule has 0 amide bonds. The molecule has 18 heavy (non-hydrogen) atoms. The number of hydrogen-bond acceptors (Lipinski definition) is 2. The normalized spacial score (nSPS) is 10.3. The molecular formula is C14H13NO3. The van der Waals surface area contributed by atoms with Crippen LogP contribution in [0.1, 0.15) is 21.6 Å². The minimum absolute atomic E-state index is 0.0873. The first kappa shape index (κ1) is 12.1. The fourth-order valence-electron chi connectivity index (χ4n) is 1.81. The standard InChI is InChI=1S/C14H13NO3/c1-10-4-2-7-13(16)15(10)9-11-5-3-6-12(8-11)14(17)18/h2-8H,9H2,1H3,(H,17,18). The third-order valence-electron chi connectivity index (χ3n) is 2.78. The Labute approximate surface area is 104 Å². The van der Waals surface area contributed by atoms with Gasteiger partial charge in [0.25, 0.3) is 5.56 Å². The number of rotatable bonds is 3. The molecule has 1 N–H and O–H groups in total. The molecule has 0 unspecified atom stereocenters. The quantitative estimate of drug-likeness (QED) is 0.895. The van der Waals surface area contributed by atoms with Crippen molar-refractivity contribution in [3.8, 4) is 0 Å². The van der Waals surface area contributed by atoms with Crippen molar-refractivity contribution in [2.45, 2.75) is 13.5 Å². The van der Waals surface area contributed by atoms with E-state index in [2.05, 4.69) is 0 Å². The lowest BCUT2D eigenvalue weighted by Crippen LogP contribution is -2.21. The van der Waals surface area contributed by atoms with E-state index in [0.717, 1.165) is 11.3 Å². The number of carbonyl (C=O) groups is 1. The molecular weight excluding hydrogens is 230 g/mol. The summed E-state index contributed by atoms with van der Waals surface area (Å²) >= 11 is 0. The average molecular weight is 243 g/mol. The van der Waals surface area contributed by atoms with Crippen LogP contribution in [0.25, 0.3) is 0 Å². The first-order valence-electron chi connectivity index (χ1n) is 5.56. The Kier molecular flexibility index (Phi) is 3.28. The van der Waals surface area contributed by atoms with Gasteiger partial charge in [-0.05, 0) is 30.7 Å². The van der Waals surface area contributed by atoms with Gasteiger partial charge in [0, 0.05) is 11.8 Å². The fourth-order valence-corrected chi connectivity index (χ4v) is 1.81. The molecule has 2 rings (SSSR count). The first-order chi connectivity index (χ1) is 8.58. The van der Waals surface area contributed by atoms with Crippen LogP contribution in [0.2, 0.25) is 0 Å². The molecule has 0 aliphatic rings. The molecule has 2 aromatic rings. The Hall–Kier alpha value is -2.36. The molecule has 0 bridgehead atoms. The van der Waals surface area contributed by atoms with E-state index in [0.29, 0.717) is 6.54 Å². The molecule has 0 saturated carbocycles. The van der Waals surface area contributed by atoms with E-state index in [4.69, 9.17) is 5.11 Å². The number of aryl methyl sites for hydroxylation is 1. The average Bonchev–Trinajstić information content (AvgIpc) is 2.34. The highest BCUT2D eigenvalue weighted by molar-refractivity contribution is 5.87. The summed E-state index contributed by atoms with van der Waals surface area (Å²) in [6, 6.07) is 11.7. The van der Waals surface area contributed by atoms with E-state index in [1.165, 1.54) is 12.1 Å². The first-order valence-corrected chi connectivity index (χ1v) is 5.56. The Morgan fingerprint density at radius 1 is 1.22 bits per heavy atom. The summed E-state index contributed by atoms with van der Waals surface area (Å²) < 4.78 is 1.61. The van der Waals surface area contributed by atoms with Gasteiger partial charge in [-0.1, -0.05) is 18.2 Å². The van der Waals surface area contributed by atoms with Gasteiger partial charge in [-0.15, -0.1) is 0 Å². The van der Waals surface area contributed by atoms with Crippen LogP contribution in [-0.2, 0) is 6.54 Å². The summed E-state index contributed by atoms with van der Waals surface area (Å²) in [5.41, 5.74) is 1.79. The van der Waals surface area contributed by atoms with Crippen LogP contribution in [0, 0.1) is 6.92 Å². The van der Waals surface area contributed by atoms with E-state index in [9.17, 15) is 9.59 Å². The Morgan fingerprint density at radius 2 is 1.94 bits per heavy atom. The monoisotopic (exact) mass is 243 g/mol. The van der Waals surface area contributed by atoms with Gasteiger partial charge < -0.3 is 9.67 Å². The topological polar surface area (TPSA) is 59.3 Å². The number of nitrogens with zero attached hydrogens (tertiary/aromatic N) is 1. The Bertz CT molecular complexity index is 643. The molecule has 0 fully saturated rings. The highest BCUT2D eigenvalue weighted by Gasteiger charge is 2.05. The summed E-state index contributed by atoms with van der Waals surface area (Å²) in [5, 5.41) is 8.92. The highest BCUT2D eigenvalue weighted by atomic mass is 16.4. The van der Waals surface area contributed by atoms with Crippen LogP contribution in [0.15, 0.2) is 47.3 Å². The largest absolute Gasteiger partial charge is 0.478 e. The fraction of sp³-hybridized carbons (Fsp3) is 0.143. The SMILES string of the molecule is Cc1cccc(=O)n1Cc1cccc(C(=O)O)c1. The predicted molar refractivity (Wildman–Crippen MR) is 67.9 cm³/mol. The molecule has 0 aliphatic carbocycles. The maximum absolute atomic E-state index is 11.7. The Balaban J connectivity index is 2.37. The lowest BCUT2D eigenvalue weighted by Gasteiger charge is -2.09. The predicted octanol–water partition coefficient (Wildman–Crippen LogP) is 1.90. The van der Waals surface area contributed by atoms with E-state index in [1.807, 2.05) is 19.1 Å². The van der Waals surface area contributed by atoms with Gasteiger partial charge in [0.05, 0.1) is 12.1 Å². The van der Waals surface area contributed by atoms with E-state index < -0.39 is 5.97 Å². The van der Waals surface area contributed by atoms with Gasteiger partial charge in [0.2, 0.25) is 0 Å². The maximum atomic E-state index is 11.7. The minimum atomic E-state index is -0.964. The number of carboxylic acids is 1. The Morgan fingerprint density at radius 3 is 2.61 bits per heavy atom. The summed E-state index contributed by atoms with van der Waals surface area (Å²) in [6.07, 6.45) is 0. The highest BCUT2D eigenvalue weighted by Crippen LogP contribution is 2.07. The molecule has 1 heterocycles. The third kappa shape index (κ3) is 2.48. The molecule has 1 aromatic carbocycles. The van der Waals surface area contributed by atoms with Crippen LogP contribution < -0.4 is 5.56 Å². The van der Waals surface area contributed by atoms with Crippen LogP contribution in [0.3, 0.4) is 0 Å². The molecule has 0 saturated heterocycles. The van der Waals surface area contributed by atoms with Crippen LogP contribution >= 0.6 is 0 Å². The second-order valence-electron chi connectivity index (χ2n) is 4.10. The van der Waals surface area contributed by atoms with Gasteiger partial charge >= 0.3 is 5.97 Å². The number of benzene rings is 1. The van der Waals surface area contributed by atoms with Gasteiger partial charge in [0.15, 0.2) is 0 Å². The van der Waals surface area contributed by atoms with Crippen molar-refractivity contribution < 1.29 is 9.90 Å². The van der Waals surface area contributed by atoms with Crippen molar-refractivity contribution in [3.05, 3.63) is 69.6 Å². The van der Waals surface area contributed by atoms with E-state index in [-0.39, 0.29) is 11.1 Å². The summed E-state index contributed by atoms with van der Waals surface area (Å²) in [6.45, 7) is 2.23. The minimum Gasteiger partial charge on any atom is -0.478 e. The second kappa shape index (κ2) is 4.87. The number of hydrogen-bond donors (Lipinski definition) is 1. The molecule has 0 spiro atoms. The number of carboxylic acid groups (broad SMARTS) is 1. The van der Waals surface area contributed by atoms with Gasteiger partial charge in [-0.2, -0.15) is 0 Å². The van der Waals surface area contributed by atoms with E-state index in [1.54, 1.807) is 22.8 Å². The lowest BCUT2D eigenvalue weighted by molar-refractivity contribution is 0.0696. The summed E-state index contributed by atoms with van der Waals surface area (Å²) in [7, 11) is 0. The number of aromatic nitrogens is 1. The van der Waals surface area contributed by atoms with Crippen molar-refractivity contribution >= 4 is 5.97 Å². The molecule has 0 radical (unpaired) electrons. The second-order valence-corrected chi connectivity index (χ2v) is 4.10. The van der Waals surface area contributed by atoms with Crippen molar-refractivity contribution in [1.29, 1.82) is 0 Å². The van der Waals surface area contributed by atoms with Crippen LogP contribution in [0.5, 0.6) is 0 Å². The van der Waals surface area contributed by atoms with E-state index >= 15 is 0 Å². The molecule has 4 heteroatoms. The zero-order valence-corrected chi connectivity index (χ0v) is 9.96.